The summed E-state index contributed by atoms with van der Waals surface area (Å²) in [4.78, 5) is 42.9. The molecule has 2 atom stereocenters. The van der Waals surface area contributed by atoms with Crippen molar-refractivity contribution >= 4 is 48.5 Å². The van der Waals surface area contributed by atoms with E-state index in [0.717, 1.165) is 38.0 Å². The van der Waals surface area contributed by atoms with Gasteiger partial charge in [0.15, 0.2) is 5.78 Å². The van der Waals surface area contributed by atoms with Gasteiger partial charge in [-0.15, -0.1) is 11.6 Å². The molecule has 0 radical (unpaired) electrons. The Morgan fingerprint density at radius 3 is 1.48 bits per heavy atom. The van der Waals surface area contributed by atoms with Crippen LogP contribution < -0.4 is 11.1 Å². The number of Topliss-reactive ketones (excluding diaryl/α,β-unsaturated/α-hetero) is 1. The average Bonchev–Trinajstić information content (AvgIpc) is 3.18. The first kappa shape index (κ1) is 51.6. The van der Waals surface area contributed by atoms with Crippen LogP contribution in [-0.4, -0.2) is 39.9 Å². The van der Waals surface area contributed by atoms with E-state index in [2.05, 4.69) is 9.69 Å². The van der Waals surface area contributed by atoms with Crippen LogP contribution >= 0.6 is 22.3 Å². The number of hydrogen-bond acceptors (Lipinski definition) is 6. The second-order valence-electron chi connectivity index (χ2n) is 14.5. The molecule has 0 aliphatic heterocycles. The zero-order valence-electron chi connectivity index (χ0n) is 34.4. The van der Waals surface area contributed by atoms with Crippen LogP contribution in [0.4, 0.5) is 37.7 Å². The zero-order chi connectivity index (χ0) is 47.8. The number of halogens is 8. The van der Waals surface area contributed by atoms with E-state index in [4.69, 9.17) is 35.4 Å². The molecule has 0 fully saturated rings. The molecule has 3 aromatic carbocycles. The Morgan fingerprint density at radius 1 is 0.714 bits per heavy atom. The lowest BCUT2D eigenvalue weighted by Crippen LogP contribution is -2.31. The normalized spacial score (nSPS) is 12.5. The van der Waals surface area contributed by atoms with E-state index in [1.54, 1.807) is 82.3 Å². The minimum absolute atomic E-state index is 0.0260. The molecule has 0 spiro atoms. The van der Waals surface area contributed by atoms with Crippen molar-refractivity contribution < 1.29 is 44.7 Å². The van der Waals surface area contributed by atoms with Gasteiger partial charge >= 0.3 is 12.4 Å². The molecule has 1 N–H and O–H groups in total. The summed E-state index contributed by atoms with van der Waals surface area (Å²) in [6.45, 7) is 23.6. The van der Waals surface area contributed by atoms with Crippen molar-refractivity contribution in [1.29, 1.82) is 0 Å². The number of pyridine rings is 2. The van der Waals surface area contributed by atoms with Crippen LogP contribution in [0.3, 0.4) is 0 Å². The van der Waals surface area contributed by atoms with E-state index < -0.39 is 78.8 Å². The number of ketones is 1. The second kappa shape index (κ2) is 21.1. The minimum Gasteiger partial charge on any atom is -0.391 e. The number of rotatable bonds is 9. The maximum atomic E-state index is 13.4. The summed E-state index contributed by atoms with van der Waals surface area (Å²) >= 11 is 5.73. The number of carbonyl (C=O) groups is 1. The van der Waals surface area contributed by atoms with Crippen LogP contribution in [0.1, 0.15) is 48.6 Å². The number of aromatic nitrogens is 2. The molecular formula is C44H40Cl2F6N4O6S. The summed E-state index contributed by atoms with van der Waals surface area (Å²) in [5, 5.41) is 9.24. The molecule has 0 aliphatic rings. The Hall–Kier alpha value is -5.72. The average molecular weight is 938 g/mol. The lowest BCUT2D eigenvalue weighted by atomic mass is 10.0. The lowest BCUT2D eigenvalue weighted by molar-refractivity contribution is -0.137. The Bertz CT molecular complexity index is 2790. The molecule has 2 heterocycles. The molecule has 334 valence electrons. The first-order chi connectivity index (χ1) is 29.1. The van der Waals surface area contributed by atoms with Crippen molar-refractivity contribution in [2.45, 2.75) is 83.4 Å². The highest BCUT2D eigenvalue weighted by atomic mass is 35.7. The highest BCUT2D eigenvalue weighted by Crippen LogP contribution is 2.38. The molecule has 5 aromatic rings. The second-order valence-corrected chi connectivity index (χ2v) is 17.7. The first-order valence-electron chi connectivity index (χ1n) is 18.6. The lowest BCUT2D eigenvalue weighted by Gasteiger charge is -2.22. The molecule has 0 saturated heterocycles. The van der Waals surface area contributed by atoms with Crippen LogP contribution in [-0.2, 0) is 39.3 Å². The third-order valence-electron chi connectivity index (χ3n) is 9.21. The predicted molar refractivity (Wildman–Crippen MR) is 230 cm³/mol. The molecule has 10 nitrogen and oxygen atoms in total. The number of nitrogens with zero attached hydrogens (tertiary/aromatic N) is 4. The van der Waals surface area contributed by atoms with E-state index >= 15 is 0 Å². The number of aryl methyl sites for hydroxylation is 3. The van der Waals surface area contributed by atoms with Crippen molar-refractivity contribution in [2.24, 2.45) is 5.92 Å². The van der Waals surface area contributed by atoms with Gasteiger partial charge in [0.2, 0.25) is 0 Å². The Balaban J connectivity index is 0.000000272. The topological polar surface area (TPSA) is 124 Å². The quantitative estimate of drug-likeness (QED) is 0.0679. The SMILES string of the molecule is Cc1ccc(S(=O)(=O)Cl)cc1.[C-]#[N+]c1c(C(F)(F)F)cc(-c2cccc(C)c2)n(CC(=O)C(C)Cl)c1=O.[C-]#[N+]c1c(C(F)(F)F)cc(-c2cccc(C)c2)n(CC(O)C(C)C)c1=O. The van der Waals surface area contributed by atoms with Gasteiger partial charge in [-0.25, -0.2) is 18.1 Å². The molecular weight excluding hydrogens is 897 g/mol. The molecule has 0 saturated carbocycles. The fraction of sp³-hybridized carbons (Fsp3) is 0.295. The zero-order valence-corrected chi connectivity index (χ0v) is 36.8. The Kier molecular flexibility index (Phi) is 17.3. The highest BCUT2D eigenvalue weighted by Gasteiger charge is 2.38. The third-order valence-corrected chi connectivity index (χ3v) is 10.8. The summed E-state index contributed by atoms with van der Waals surface area (Å²) in [5.74, 6) is -0.746. The van der Waals surface area contributed by atoms with E-state index in [0.29, 0.717) is 11.1 Å². The monoisotopic (exact) mass is 936 g/mol. The standard InChI is InChI=1S/C19H19F3N2O2.C18H14ClF3N2O2.C7H7ClO2S/c1-11(2)16(25)10-24-15(13-7-5-6-12(3)8-13)9-14(19(20,21)22)17(23-4)18(24)26;1-10-5-4-6-12(7-10)14-8-13(18(20,21)22)16(23-3)17(26)24(14)9-15(25)11(2)19;1-6-2-4-7(5-3-6)11(8,9)10/h5-9,11,16,25H,10H2,1-3H3;4-8,11H,9H2,1-2H3;2-5H,1H3. The fourth-order valence-electron chi connectivity index (χ4n) is 5.72. The van der Waals surface area contributed by atoms with Gasteiger partial charge in [0.25, 0.3) is 31.5 Å². The molecule has 2 unspecified atom stereocenters. The maximum absolute atomic E-state index is 13.4. The molecule has 2 aromatic heterocycles. The molecule has 0 amide bonds. The highest BCUT2D eigenvalue weighted by molar-refractivity contribution is 8.13. The van der Waals surface area contributed by atoms with Gasteiger partial charge in [-0.2, -0.15) is 26.3 Å². The van der Waals surface area contributed by atoms with Gasteiger partial charge in [-0.1, -0.05) is 79.1 Å². The van der Waals surface area contributed by atoms with E-state index in [9.17, 15) is 54.3 Å². The number of benzene rings is 3. The third kappa shape index (κ3) is 13.6. The van der Waals surface area contributed by atoms with Crippen molar-refractivity contribution in [3.8, 4) is 22.5 Å². The molecule has 0 aliphatic carbocycles. The summed E-state index contributed by atoms with van der Waals surface area (Å²) in [6.07, 6.45) is -10.6. The van der Waals surface area contributed by atoms with Crippen LogP contribution in [0.25, 0.3) is 32.2 Å². The van der Waals surface area contributed by atoms with Gasteiger partial charge in [-0.05, 0) is 81.1 Å². The number of aliphatic hydroxyl groups excluding tert-OH is 1. The van der Waals surface area contributed by atoms with Crippen LogP contribution in [0.5, 0.6) is 0 Å². The minimum atomic E-state index is -4.87. The van der Waals surface area contributed by atoms with Crippen molar-refractivity contribution in [3.05, 3.63) is 156 Å². The van der Waals surface area contributed by atoms with Gasteiger partial charge in [0.05, 0.1) is 53.7 Å². The predicted octanol–water partition coefficient (Wildman–Crippen LogP) is 10.9. The maximum Gasteiger partial charge on any atom is 0.407 e. The van der Waals surface area contributed by atoms with Crippen molar-refractivity contribution in [2.75, 3.05) is 0 Å². The first-order valence-corrected chi connectivity index (χ1v) is 21.3. The Morgan fingerprint density at radius 2 is 1.13 bits per heavy atom. The number of hydrogen-bond donors (Lipinski definition) is 1. The van der Waals surface area contributed by atoms with E-state index in [1.165, 1.54) is 25.1 Å². The number of alkyl halides is 7. The largest absolute Gasteiger partial charge is 0.407 e. The summed E-state index contributed by atoms with van der Waals surface area (Å²) < 4.78 is 103. The number of aliphatic hydroxyl groups is 1. The van der Waals surface area contributed by atoms with Crippen molar-refractivity contribution in [1.82, 2.24) is 9.13 Å². The van der Waals surface area contributed by atoms with Crippen molar-refractivity contribution in [3.63, 3.8) is 0 Å². The van der Waals surface area contributed by atoms with E-state index in [1.807, 2.05) is 6.92 Å². The van der Waals surface area contributed by atoms with Gasteiger partial charge in [0.1, 0.15) is 0 Å². The Labute approximate surface area is 369 Å². The van der Waals surface area contributed by atoms with Gasteiger partial charge in [-0.3, -0.25) is 14.4 Å². The fourth-order valence-corrected chi connectivity index (χ4v) is 6.56. The molecule has 63 heavy (non-hydrogen) atoms. The molecule has 5 rings (SSSR count). The smallest absolute Gasteiger partial charge is 0.391 e. The molecule has 19 heteroatoms. The summed E-state index contributed by atoms with van der Waals surface area (Å²) in [6, 6.07) is 21.1. The number of carbonyl (C=O) groups excluding carboxylic acids is 1. The van der Waals surface area contributed by atoms with Gasteiger partial charge < -0.3 is 14.2 Å². The summed E-state index contributed by atoms with van der Waals surface area (Å²) in [7, 11) is 1.54. The van der Waals surface area contributed by atoms with Crippen LogP contribution in [0, 0.1) is 39.8 Å². The van der Waals surface area contributed by atoms with Crippen LogP contribution in [0.15, 0.2) is 99.4 Å². The van der Waals surface area contributed by atoms with E-state index in [-0.39, 0.29) is 28.7 Å². The van der Waals surface area contributed by atoms with Crippen LogP contribution in [0.2, 0.25) is 0 Å². The summed E-state index contributed by atoms with van der Waals surface area (Å²) in [5.41, 5.74) is -3.58. The molecule has 0 bridgehead atoms. The van der Waals surface area contributed by atoms with Gasteiger partial charge in [0, 0.05) is 22.1 Å².